The topological polar surface area (TPSA) is 84.6 Å². The van der Waals surface area contributed by atoms with Gasteiger partial charge in [-0.05, 0) is 39.7 Å². The molecule has 0 saturated carbocycles. The number of rotatable bonds is 3. The largest absolute Gasteiger partial charge is 0.503 e. The molecule has 6 heteroatoms. The Hall–Kier alpha value is -1.53. The van der Waals surface area contributed by atoms with E-state index in [1.807, 2.05) is 5.43 Å². The third kappa shape index (κ3) is 2.98. The standard InChI is InChI=1S/C10H11BrN2O3/c1-16-8-5-6(2-3-9(14)13-12)4-7(11)10(8)15/h2-5,15H,12H2,1H3,(H,13,14). The first-order valence-corrected chi connectivity index (χ1v) is 5.13. The van der Waals surface area contributed by atoms with Crippen LogP contribution < -0.4 is 16.0 Å². The van der Waals surface area contributed by atoms with Crippen molar-refractivity contribution >= 4 is 27.9 Å². The van der Waals surface area contributed by atoms with Gasteiger partial charge in [-0.15, -0.1) is 0 Å². The normalized spacial score (nSPS) is 10.4. The van der Waals surface area contributed by atoms with Crippen LogP contribution in [0.15, 0.2) is 22.7 Å². The van der Waals surface area contributed by atoms with Gasteiger partial charge < -0.3 is 9.84 Å². The molecule has 0 radical (unpaired) electrons. The average Bonchev–Trinajstić information content (AvgIpc) is 2.29. The maximum Gasteiger partial charge on any atom is 0.257 e. The quantitative estimate of drug-likeness (QED) is 0.337. The molecule has 0 fully saturated rings. The number of amides is 1. The Morgan fingerprint density at radius 2 is 2.31 bits per heavy atom. The molecule has 0 bridgehead atoms. The van der Waals surface area contributed by atoms with E-state index in [-0.39, 0.29) is 5.75 Å². The predicted molar refractivity (Wildman–Crippen MR) is 63.7 cm³/mol. The van der Waals surface area contributed by atoms with E-state index in [0.717, 1.165) is 0 Å². The van der Waals surface area contributed by atoms with Crippen LogP contribution in [0.2, 0.25) is 0 Å². The number of benzene rings is 1. The number of halogens is 1. The number of nitrogens with two attached hydrogens (primary N) is 1. The monoisotopic (exact) mass is 286 g/mol. The number of methoxy groups -OCH3 is 1. The van der Waals surface area contributed by atoms with Crippen LogP contribution in [0.4, 0.5) is 0 Å². The van der Waals surface area contributed by atoms with Gasteiger partial charge in [0.15, 0.2) is 11.5 Å². The van der Waals surface area contributed by atoms with Crippen molar-refractivity contribution in [1.29, 1.82) is 0 Å². The van der Waals surface area contributed by atoms with Crippen molar-refractivity contribution in [2.45, 2.75) is 0 Å². The summed E-state index contributed by atoms with van der Waals surface area (Å²) in [5.74, 6) is 4.85. The number of carbonyl (C=O) groups excluding carboxylic acids is 1. The summed E-state index contributed by atoms with van der Waals surface area (Å²) in [6.07, 6.45) is 2.83. The van der Waals surface area contributed by atoms with E-state index in [4.69, 9.17) is 10.6 Å². The highest BCUT2D eigenvalue weighted by atomic mass is 79.9. The molecule has 0 aliphatic heterocycles. The summed E-state index contributed by atoms with van der Waals surface area (Å²) in [6.45, 7) is 0. The van der Waals surface area contributed by atoms with Gasteiger partial charge in [0.1, 0.15) is 0 Å². The molecule has 0 aliphatic carbocycles. The number of hydrogen-bond donors (Lipinski definition) is 3. The molecule has 1 rings (SSSR count). The Labute approximate surface area is 101 Å². The third-order valence-electron chi connectivity index (χ3n) is 1.84. The van der Waals surface area contributed by atoms with Gasteiger partial charge in [0.2, 0.25) is 0 Å². The second kappa shape index (κ2) is 5.53. The zero-order valence-corrected chi connectivity index (χ0v) is 10.1. The fraction of sp³-hybridized carbons (Fsp3) is 0.100. The Morgan fingerprint density at radius 1 is 1.62 bits per heavy atom. The van der Waals surface area contributed by atoms with E-state index in [9.17, 15) is 9.90 Å². The summed E-state index contributed by atoms with van der Waals surface area (Å²) in [6, 6.07) is 3.25. The molecule has 0 aromatic heterocycles. The van der Waals surface area contributed by atoms with Crippen LogP contribution in [0.5, 0.6) is 11.5 Å². The average molecular weight is 287 g/mol. The predicted octanol–water partition coefficient (Wildman–Crippen LogP) is 1.17. The van der Waals surface area contributed by atoms with E-state index in [1.54, 1.807) is 18.2 Å². The smallest absolute Gasteiger partial charge is 0.257 e. The molecule has 0 aliphatic rings. The van der Waals surface area contributed by atoms with E-state index in [0.29, 0.717) is 15.8 Å². The summed E-state index contributed by atoms with van der Waals surface area (Å²) < 4.78 is 5.45. The van der Waals surface area contributed by atoms with Crippen molar-refractivity contribution in [2.75, 3.05) is 7.11 Å². The number of aromatic hydroxyl groups is 1. The highest BCUT2D eigenvalue weighted by Crippen LogP contribution is 2.35. The van der Waals surface area contributed by atoms with Crippen LogP contribution >= 0.6 is 15.9 Å². The number of hydrogen-bond acceptors (Lipinski definition) is 4. The first kappa shape index (κ1) is 12.5. The maximum absolute atomic E-state index is 10.9. The summed E-state index contributed by atoms with van der Waals surface area (Å²) in [5.41, 5.74) is 2.67. The number of phenolic OH excluding ortho intramolecular Hbond substituents is 1. The molecule has 1 aromatic rings. The molecule has 1 aromatic carbocycles. The molecule has 4 N–H and O–H groups in total. The van der Waals surface area contributed by atoms with Crippen LogP contribution in [-0.4, -0.2) is 18.1 Å². The summed E-state index contributed by atoms with van der Waals surface area (Å²) in [5, 5.41) is 9.55. The minimum Gasteiger partial charge on any atom is -0.503 e. The third-order valence-corrected chi connectivity index (χ3v) is 2.44. The fourth-order valence-corrected chi connectivity index (χ4v) is 1.53. The second-order valence-corrected chi connectivity index (χ2v) is 3.75. The molecule has 0 atom stereocenters. The highest BCUT2D eigenvalue weighted by molar-refractivity contribution is 9.10. The lowest BCUT2D eigenvalue weighted by Gasteiger charge is -2.06. The van der Waals surface area contributed by atoms with Crippen LogP contribution in [0.3, 0.4) is 0 Å². The SMILES string of the molecule is COc1cc(C=CC(=O)NN)cc(Br)c1O. The summed E-state index contributed by atoms with van der Waals surface area (Å²) in [7, 11) is 1.45. The van der Waals surface area contributed by atoms with Crippen molar-refractivity contribution < 1.29 is 14.6 Å². The van der Waals surface area contributed by atoms with E-state index >= 15 is 0 Å². The number of carbonyl (C=O) groups is 1. The molecule has 1 amide bonds. The molecule has 5 nitrogen and oxygen atoms in total. The van der Waals surface area contributed by atoms with Gasteiger partial charge in [-0.1, -0.05) is 0 Å². The maximum atomic E-state index is 10.9. The number of hydrazine groups is 1. The van der Waals surface area contributed by atoms with E-state index in [2.05, 4.69) is 15.9 Å². The first-order chi connectivity index (χ1) is 7.58. The Morgan fingerprint density at radius 3 is 2.88 bits per heavy atom. The van der Waals surface area contributed by atoms with Crippen LogP contribution in [0, 0.1) is 0 Å². The lowest BCUT2D eigenvalue weighted by molar-refractivity contribution is -0.116. The summed E-state index contributed by atoms with van der Waals surface area (Å²) >= 11 is 3.17. The van der Waals surface area contributed by atoms with Crippen molar-refractivity contribution in [2.24, 2.45) is 5.84 Å². The Kier molecular flexibility index (Phi) is 4.33. The molecular formula is C10H11BrN2O3. The fourth-order valence-electron chi connectivity index (χ4n) is 1.07. The molecule has 0 saturated heterocycles. The first-order valence-electron chi connectivity index (χ1n) is 4.33. The molecule has 16 heavy (non-hydrogen) atoms. The summed E-state index contributed by atoms with van der Waals surface area (Å²) in [4.78, 5) is 10.9. The number of ether oxygens (including phenoxy) is 1. The van der Waals surface area contributed by atoms with Gasteiger partial charge in [0.05, 0.1) is 11.6 Å². The molecule has 0 heterocycles. The molecule has 0 unspecified atom stereocenters. The zero-order valence-electron chi connectivity index (χ0n) is 8.53. The van der Waals surface area contributed by atoms with Crippen molar-refractivity contribution in [1.82, 2.24) is 5.43 Å². The molecule has 0 spiro atoms. The van der Waals surface area contributed by atoms with Crippen LogP contribution in [0.25, 0.3) is 6.08 Å². The van der Waals surface area contributed by atoms with Gasteiger partial charge >= 0.3 is 0 Å². The van der Waals surface area contributed by atoms with Gasteiger partial charge in [-0.2, -0.15) is 0 Å². The van der Waals surface area contributed by atoms with E-state index < -0.39 is 5.91 Å². The lowest BCUT2D eigenvalue weighted by Crippen LogP contribution is -2.27. The second-order valence-electron chi connectivity index (χ2n) is 2.90. The number of nitrogens with one attached hydrogen (secondary N) is 1. The van der Waals surface area contributed by atoms with Gasteiger partial charge in [-0.3, -0.25) is 10.2 Å². The Balaban J connectivity index is 3.03. The number of phenols is 1. The van der Waals surface area contributed by atoms with Crippen LogP contribution in [-0.2, 0) is 4.79 Å². The molecule has 86 valence electrons. The minimum atomic E-state index is -0.414. The van der Waals surface area contributed by atoms with Crippen molar-refractivity contribution in [3.05, 3.63) is 28.2 Å². The van der Waals surface area contributed by atoms with Crippen molar-refractivity contribution in [3.8, 4) is 11.5 Å². The Bertz CT molecular complexity index is 432. The minimum absolute atomic E-state index is 0.0166. The lowest BCUT2D eigenvalue weighted by atomic mass is 10.2. The zero-order chi connectivity index (χ0) is 12.1. The van der Waals surface area contributed by atoms with Gasteiger partial charge in [-0.25, -0.2) is 5.84 Å². The van der Waals surface area contributed by atoms with Gasteiger partial charge in [0, 0.05) is 6.08 Å². The van der Waals surface area contributed by atoms with Gasteiger partial charge in [0.25, 0.3) is 5.91 Å². The van der Waals surface area contributed by atoms with Crippen LogP contribution in [0.1, 0.15) is 5.56 Å². The highest BCUT2D eigenvalue weighted by Gasteiger charge is 2.07. The van der Waals surface area contributed by atoms with E-state index in [1.165, 1.54) is 13.2 Å². The van der Waals surface area contributed by atoms with Crippen molar-refractivity contribution in [3.63, 3.8) is 0 Å². The molecular weight excluding hydrogens is 276 g/mol.